The maximum Gasteiger partial charge on any atom is 0.191 e. The fraction of sp³-hybridized carbons (Fsp3) is 0.632. The number of nitrogens with one attached hydrogen (secondary N) is 2. The van der Waals surface area contributed by atoms with Crippen molar-refractivity contribution in [1.82, 2.24) is 10.6 Å². The third-order valence-corrected chi connectivity index (χ3v) is 3.77. The summed E-state index contributed by atoms with van der Waals surface area (Å²) in [7, 11) is 1.66. The summed E-state index contributed by atoms with van der Waals surface area (Å²) in [6.07, 6.45) is 0.880. The molecule has 0 aliphatic heterocycles. The quantitative estimate of drug-likeness (QED) is 0.221. The molecule has 0 spiro atoms. The summed E-state index contributed by atoms with van der Waals surface area (Å²) >= 11 is 0. The standard InChI is InChI=1S/C19H32FN3O2.HI/c1-5-21-18(22-11-8-12-25-14-13-24-4)23-15-19(2,3)16-9-6-7-10-17(16)20;/h6-7,9-10H,5,8,11-15H2,1-4H3,(H2,21,22,23);1H. The predicted octanol–water partition coefficient (Wildman–Crippen LogP) is 3.33. The molecule has 1 aromatic rings. The largest absolute Gasteiger partial charge is 0.382 e. The number of benzene rings is 1. The van der Waals surface area contributed by atoms with Crippen molar-refractivity contribution >= 4 is 29.9 Å². The first-order valence-corrected chi connectivity index (χ1v) is 8.85. The number of rotatable bonds is 11. The summed E-state index contributed by atoms with van der Waals surface area (Å²) in [5, 5.41) is 6.50. The van der Waals surface area contributed by atoms with Gasteiger partial charge in [0.15, 0.2) is 5.96 Å². The molecule has 0 aromatic heterocycles. The molecule has 26 heavy (non-hydrogen) atoms. The van der Waals surface area contributed by atoms with Crippen molar-refractivity contribution in [3.63, 3.8) is 0 Å². The molecule has 0 heterocycles. The van der Waals surface area contributed by atoms with E-state index < -0.39 is 0 Å². The summed E-state index contributed by atoms with van der Waals surface area (Å²) < 4.78 is 24.4. The van der Waals surface area contributed by atoms with Crippen molar-refractivity contribution in [2.24, 2.45) is 4.99 Å². The van der Waals surface area contributed by atoms with E-state index in [1.54, 1.807) is 13.2 Å². The first-order chi connectivity index (χ1) is 12.0. The zero-order valence-electron chi connectivity index (χ0n) is 16.3. The van der Waals surface area contributed by atoms with Gasteiger partial charge in [0, 0.05) is 32.2 Å². The molecule has 0 saturated carbocycles. The van der Waals surface area contributed by atoms with Crippen LogP contribution in [0.4, 0.5) is 4.39 Å². The number of hydrogen-bond acceptors (Lipinski definition) is 3. The van der Waals surface area contributed by atoms with E-state index in [0.717, 1.165) is 25.5 Å². The van der Waals surface area contributed by atoms with Gasteiger partial charge in [0.1, 0.15) is 5.82 Å². The van der Waals surface area contributed by atoms with E-state index in [1.165, 1.54) is 6.07 Å². The molecular weight excluding hydrogens is 448 g/mol. The molecule has 1 rings (SSSR count). The second-order valence-electron chi connectivity index (χ2n) is 6.44. The number of methoxy groups -OCH3 is 1. The van der Waals surface area contributed by atoms with Crippen LogP contribution >= 0.6 is 24.0 Å². The van der Waals surface area contributed by atoms with Crippen molar-refractivity contribution in [2.45, 2.75) is 32.6 Å². The van der Waals surface area contributed by atoms with Gasteiger partial charge in [0.05, 0.1) is 19.8 Å². The summed E-state index contributed by atoms with van der Waals surface area (Å²) in [6, 6.07) is 6.88. The molecule has 7 heteroatoms. The number of ether oxygens (including phenoxy) is 2. The third-order valence-electron chi connectivity index (χ3n) is 3.77. The van der Waals surface area contributed by atoms with Crippen LogP contribution in [0.25, 0.3) is 0 Å². The lowest BCUT2D eigenvalue weighted by Gasteiger charge is -2.24. The fourth-order valence-electron chi connectivity index (χ4n) is 2.34. The van der Waals surface area contributed by atoms with Crippen molar-refractivity contribution in [1.29, 1.82) is 0 Å². The Morgan fingerprint density at radius 2 is 1.88 bits per heavy atom. The highest BCUT2D eigenvalue weighted by Crippen LogP contribution is 2.25. The van der Waals surface area contributed by atoms with Crippen LogP contribution in [-0.4, -0.2) is 52.5 Å². The molecule has 0 radical (unpaired) electrons. The zero-order valence-corrected chi connectivity index (χ0v) is 18.6. The summed E-state index contributed by atoms with van der Waals surface area (Å²) in [4.78, 5) is 4.62. The molecule has 0 atom stereocenters. The molecule has 1 aromatic carbocycles. The lowest BCUT2D eigenvalue weighted by molar-refractivity contribution is 0.0698. The van der Waals surface area contributed by atoms with Crippen LogP contribution in [0.5, 0.6) is 0 Å². The topological polar surface area (TPSA) is 54.9 Å². The average molecular weight is 481 g/mol. The highest BCUT2D eigenvalue weighted by molar-refractivity contribution is 14.0. The van der Waals surface area contributed by atoms with Crippen LogP contribution in [0, 0.1) is 5.82 Å². The van der Waals surface area contributed by atoms with E-state index in [4.69, 9.17) is 9.47 Å². The Morgan fingerprint density at radius 3 is 2.54 bits per heavy atom. The smallest absolute Gasteiger partial charge is 0.191 e. The number of nitrogens with zero attached hydrogens (tertiary/aromatic N) is 1. The normalized spacial score (nSPS) is 11.8. The average Bonchev–Trinajstić information content (AvgIpc) is 2.59. The molecule has 0 aliphatic carbocycles. The van der Waals surface area contributed by atoms with Crippen LogP contribution in [0.1, 0.15) is 32.8 Å². The zero-order chi connectivity index (χ0) is 18.5. The minimum atomic E-state index is -0.378. The molecule has 0 saturated heterocycles. The van der Waals surface area contributed by atoms with Gasteiger partial charge in [0.25, 0.3) is 0 Å². The Hall–Kier alpha value is -0.930. The van der Waals surface area contributed by atoms with Crippen LogP contribution < -0.4 is 10.6 Å². The molecular formula is C19H33FIN3O2. The highest BCUT2D eigenvalue weighted by atomic mass is 127. The van der Waals surface area contributed by atoms with Gasteiger partial charge in [-0.3, -0.25) is 4.99 Å². The Kier molecular flexibility index (Phi) is 13.7. The summed E-state index contributed by atoms with van der Waals surface area (Å²) in [5.74, 6) is 0.553. The van der Waals surface area contributed by atoms with Crippen molar-refractivity contribution in [3.05, 3.63) is 35.6 Å². The van der Waals surface area contributed by atoms with Crippen LogP contribution in [0.3, 0.4) is 0 Å². The van der Waals surface area contributed by atoms with Gasteiger partial charge in [-0.15, -0.1) is 24.0 Å². The predicted molar refractivity (Wildman–Crippen MR) is 116 cm³/mol. The third kappa shape index (κ3) is 9.68. The van der Waals surface area contributed by atoms with Crippen LogP contribution in [-0.2, 0) is 14.9 Å². The highest BCUT2D eigenvalue weighted by Gasteiger charge is 2.23. The Balaban J connectivity index is 0.00000625. The Labute approximate surface area is 174 Å². The van der Waals surface area contributed by atoms with Gasteiger partial charge in [-0.25, -0.2) is 4.39 Å². The molecule has 0 fully saturated rings. The Bertz CT molecular complexity index is 527. The van der Waals surface area contributed by atoms with E-state index in [9.17, 15) is 4.39 Å². The van der Waals surface area contributed by atoms with Crippen LogP contribution in [0.15, 0.2) is 29.3 Å². The fourth-order valence-corrected chi connectivity index (χ4v) is 2.34. The first kappa shape index (κ1) is 25.1. The summed E-state index contributed by atoms with van der Waals surface area (Å²) in [5.41, 5.74) is 0.304. The van der Waals surface area contributed by atoms with Crippen molar-refractivity contribution in [2.75, 3.05) is 46.6 Å². The molecule has 0 unspecified atom stereocenters. The molecule has 5 nitrogen and oxygen atoms in total. The Morgan fingerprint density at radius 1 is 1.15 bits per heavy atom. The molecule has 2 N–H and O–H groups in total. The van der Waals surface area contributed by atoms with Crippen molar-refractivity contribution in [3.8, 4) is 0 Å². The van der Waals surface area contributed by atoms with E-state index in [-0.39, 0.29) is 35.2 Å². The number of guanidine groups is 1. The maximum absolute atomic E-state index is 14.0. The van der Waals surface area contributed by atoms with Gasteiger partial charge in [0.2, 0.25) is 0 Å². The number of halogens is 2. The molecule has 0 bridgehead atoms. The van der Waals surface area contributed by atoms with Gasteiger partial charge < -0.3 is 20.1 Å². The number of aliphatic imine (C=N–C) groups is 1. The van der Waals surface area contributed by atoms with E-state index in [2.05, 4.69) is 15.6 Å². The van der Waals surface area contributed by atoms with Gasteiger partial charge in [-0.2, -0.15) is 0 Å². The van der Waals surface area contributed by atoms with Crippen LogP contribution in [0.2, 0.25) is 0 Å². The van der Waals surface area contributed by atoms with Gasteiger partial charge >= 0.3 is 0 Å². The number of hydrogen-bond donors (Lipinski definition) is 2. The van der Waals surface area contributed by atoms with E-state index >= 15 is 0 Å². The molecule has 150 valence electrons. The maximum atomic E-state index is 14.0. The second kappa shape index (κ2) is 14.2. The lowest BCUT2D eigenvalue weighted by atomic mass is 9.84. The lowest BCUT2D eigenvalue weighted by Crippen LogP contribution is -2.39. The van der Waals surface area contributed by atoms with Gasteiger partial charge in [-0.05, 0) is 25.0 Å². The minimum absolute atomic E-state index is 0. The SMILES string of the molecule is CCNC(=NCC(C)(C)c1ccccc1F)NCCCOCCOC.I. The second-order valence-corrected chi connectivity index (χ2v) is 6.44. The van der Waals surface area contributed by atoms with E-state index in [0.29, 0.717) is 31.9 Å². The van der Waals surface area contributed by atoms with Gasteiger partial charge in [-0.1, -0.05) is 32.0 Å². The van der Waals surface area contributed by atoms with E-state index in [1.807, 2.05) is 32.9 Å². The van der Waals surface area contributed by atoms with Crippen molar-refractivity contribution < 1.29 is 13.9 Å². The summed E-state index contributed by atoms with van der Waals surface area (Å²) in [6.45, 7) is 9.96. The monoisotopic (exact) mass is 481 g/mol. The molecule has 0 aliphatic rings. The first-order valence-electron chi connectivity index (χ1n) is 8.85. The minimum Gasteiger partial charge on any atom is -0.382 e. The molecule has 0 amide bonds.